The molecule has 3 N–H and O–H groups in total. The SMILES string of the molecule is O=C(CNc1ccccc1)NNC(=O)Cc1csc(-c2ccccc2)n1. The first-order valence-corrected chi connectivity index (χ1v) is 8.95. The lowest BCUT2D eigenvalue weighted by atomic mass is 10.2. The van der Waals surface area contributed by atoms with Gasteiger partial charge in [-0.25, -0.2) is 4.98 Å². The van der Waals surface area contributed by atoms with Gasteiger partial charge in [-0.2, -0.15) is 0 Å². The number of benzene rings is 2. The third-order valence-corrected chi connectivity index (χ3v) is 4.42. The molecule has 0 spiro atoms. The smallest absolute Gasteiger partial charge is 0.257 e. The molecule has 0 saturated carbocycles. The van der Waals surface area contributed by atoms with E-state index in [0.717, 1.165) is 16.3 Å². The Morgan fingerprint density at radius 3 is 2.27 bits per heavy atom. The number of hydrazine groups is 1. The van der Waals surface area contributed by atoms with E-state index in [1.807, 2.05) is 66.0 Å². The molecule has 0 aliphatic rings. The van der Waals surface area contributed by atoms with Crippen LogP contribution in [-0.4, -0.2) is 23.3 Å². The van der Waals surface area contributed by atoms with Gasteiger partial charge in [-0.3, -0.25) is 20.4 Å². The minimum atomic E-state index is -0.328. The minimum absolute atomic E-state index is 0.0686. The van der Waals surface area contributed by atoms with Crippen LogP contribution in [0.4, 0.5) is 5.69 Å². The number of para-hydroxylation sites is 1. The molecule has 0 radical (unpaired) electrons. The summed E-state index contributed by atoms with van der Waals surface area (Å²) in [4.78, 5) is 28.2. The molecule has 7 heteroatoms. The average Bonchev–Trinajstić information content (AvgIpc) is 3.15. The predicted octanol–water partition coefficient (Wildman–Crippen LogP) is 2.61. The summed E-state index contributed by atoms with van der Waals surface area (Å²) >= 11 is 1.49. The highest BCUT2D eigenvalue weighted by molar-refractivity contribution is 7.13. The normalized spacial score (nSPS) is 10.2. The molecule has 0 bridgehead atoms. The van der Waals surface area contributed by atoms with Crippen LogP contribution in [0.5, 0.6) is 0 Å². The Morgan fingerprint density at radius 1 is 0.885 bits per heavy atom. The Bertz CT molecular complexity index is 866. The molecule has 2 amide bonds. The van der Waals surface area contributed by atoms with Gasteiger partial charge in [-0.15, -0.1) is 11.3 Å². The van der Waals surface area contributed by atoms with E-state index in [4.69, 9.17) is 0 Å². The van der Waals surface area contributed by atoms with Gasteiger partial charge < -0.3 is 5.32 Å². The van der Waals surface area contributed by atoms with Crippen LogP contribution in [0, 0.1) is 0 Å². The number of amides is 2. The van der Waals surface area contributed by atoms with E-state index in [9.17, 15) is 9.59 Å². The summed E-state index contributed by atoms with van der Waals surface area (Å²) in [7, 11) is 0. The van der Waals surface area contributed by atoms with Gasteiger partial charge in [0, 0.05) is 16.6 Å². The van der Waals surface area contributed by atoms with E-state index in [0.29, 0.717) is 5.69 Å². The Morgan fingerprint density at radius 2 is 1.54 bits per heavy atom. The van der Waals surface area contributed by atoms with Crippen LogP contribution in [0.3, 0.4) is 0 Å². The maximum Gasteiger partial charge on any atom is 0.257 e. The summed E-state index contributed by atoms with van der Waals surface area (Å²) in [6.45, 7) is 0.0686. The number of nitrogens with one attached hydrogen (secondary N) is 3. The molecule has 1 heterocycles. The van der Waals surface area contributed by atoms with Gasteiger partial charge in [0.15, 0.2) is 0 Å². The van der Waals surface area contributed by atoms with Gasteiger partial charge in [0.25, 0.3) is 5.91 Å². The first-order chi connectivity index (χ1) is 12.7. The fraction of sp³-hybridized carbons (Fsp3) is 0.105. The molecule has 3 aromatic rings. The van der Waals surface area contributed by atoms with E-state index in [1.165, 1.54) is 11.3 Å². The van der Waals surface area contributed by atoms with Gasteiger partial charge in [0.2, 0.25) is 5.91 Å². The molecule has 132 valence electrons. The van der Waals surface area contributed by atoms with E-state index in [-0.39, 0.29) is 24.8 Å². The Kier molecular flexibility index (Phi) is 5.95. The van der Waals surface area contributed by atoms with Crippen LogP contribution in [-0.2, 0) is 16.0 Å². The zero-order valence-corrected chi connectivity index (χ0v) is 14.8. The van der Waals surface area contributed by atoms with Crippen molar-refractivity contribution in [2.45, 2.75) is 6.42 Å². The van der Waals surface area contributed by atoms with Crippen molar-refractivity contribution in [2.24, 2.45) is 0 Å². The number of nitrogens with zero attached hydrogens (tertiary/aromatic N) is 1. The molecule has 3 rings (SSSR count). The number of hydrogen-bond acceptors (Lipinski definition) is 5. The zero-order valence-electron chi connectivity index (χ0n) is 13.9. The number of aromatic nitrogens is 1. The van der Waals surface area contributed by atoms with Crippen molar-refractivity contribution in [1.82, 2.24) is 15.8 Å². The topological polar surface area (TPSA) is 83.1 Å². The van der Waals surface area contributed by atoms with Crippen LogP contribution < -0.4 is 16.2 Å². The molecule has 0 fully saturated rings. The lowest BCUT2D eigenvalue weighted by Gasteiger charge is -2.08. The Balaban J connectivity index is 1.43. The maximum atomic E-state index is 12.0. The minimum Gasteiger partial charge on any atom is -0.376 e. The molecular formula is C19H18N4O2S. The number of hydrogen-bond donors (Lipinski definition) is 3. The summed E-state index contributed by atoms with van der Waals surface area (Å²) in [6.07, 6.45) is 0.107. The van der Waals surface area contributed by atoms with E-state index in [2.05, 4.69) is 21.2 Å². The highest BCUT2D eigenvalue weighted by atomic mass is 32.1. The summed E-state index contributed by atoms with van der Waals surface area (Å²) in [5, 5.41) is 5.68. The number of anilines is 1. The highest BCUT2D eigenvalue weighted by Gasteiger charge is 2.10. The monoisotopic (exact) mass is 366 g/mol. The standard InChI is InChI=1S/C19H18N4O2S/c24-17(22-23-18(25)12-20-15-9-5-2-6-10-15)11-16-13-26-19(21-16)14-7-3-1-4-8-14/h1-10,13,20H,11-12H2,(H,22,24)(H,23,25). The van der Waals surface area contributed by atoms with Crippen molar-refractivity contribution in [3.05, 3.63) is 71.7 Å². The van der Waals surface area contributed by atoms with Crippen LogP contribution >= 0.6 is 11.3 Å². The Labute approximate surface area is 155 Å². The zero-order chi connectivity index (χ0) is 18.2. The third-order valence-electron chi connectivity index (χ3n) is 3.48. The molecule has 26 heavy (non-hydrogen) atoms. The lowest BCUT2D eigenvalue weighted by Crippen LogP contribution is -2.44. The number of carbonyl (C=O) groups is 2. The van der Waals surface area contributed by atoms with Gasteiger partial charge in [0.1, 0.15) is 5.01 Å². The summed E-state index contributed by atoms with van der Waals surface area (Å²) in [5.74, 6) is -0.645. The average molecular weight is 366 g/mol. The van der Waals surface area contributed by atoms with Crippen LogP contribution in [0.15, 0.2) is 66.0 Å². The molecule has 2 aromatic carbocycles. The predicted molar refractivity (Wildman–Crippen MR) is 102 cm³/mol. The second-order valence-electron chi connectivity index (χ2n) is 5.50. The van der Waals surface area contributed by atoms with E-state index in [1.54, 1.807) is 0 Å². The van der Waals surface area contributed by atoms with Crippen molar-refractivity contribution in [1.29, 1.82) is 0 Å². The van der Waals surface area contributed by atoms with Gasteiger partial charge in [-0.1, -0.05) is 48.5 Å². The second-order valence-corrected chi connectivity index (χ2v) is 6.36. The first-order valence-electron chi connectivity index (χ1n) is 8.07. The molecular weight excluding hydrogens is 348 g/mol. The fourth-order valence-electron chi connectivity index (χ4n) is 2.23. The van der Waals surface area contributed by atoms with E-state index < -0.39 is 0 Å². The second kappa shape index (κ2) is 8.77. The molecule has 0 aliphatic carbocycles. The molecule has 1 aromatic heterocycles. The first kappa shape index (κ1) is 17.6. The number of thiazole rings is 1. The number of rotatable bonds is 6. The summed E-state index contributed by atoms with van der Waals surface area (Å²) in [6, 6.07) is 19.2. The van der Waals surface area contributed by atoms with Crippen molar-refractivity contribution in [3.8, 4) is 10.6 Å². The van der Waals surface area contributed by atoms with Crippen molar-refractivity contribution in [2.75, 3.05) is 11.9 Å². The molecule has 0 saturated heterocycles. The largest absolute Gasteiger partial charge is 0.376 e. The number of carbonyl (C=O) groups excluding carboxylic acids is 2. The quantitative estimate of drug-likeness (QED) is 0.586. The van der Waals surface area contributed by atoms with Crippen LogP contribution in [0.25, 0.3) is 10.6 Å². The third kappa shape index (κ3) is 5.15. The molecule has 0 atom stereocenters. The van der Waals surface area contributed by atoms with Gasteiger partial charge in [0.05, 0.1) is 18.7 Å². The van der Waals surface area contributed by atoms with Crippen LogP contribution in [0.2, 0.25) is 0 Å². The highest BCUT2D eigenvalue weighted by Crippen LogP contribution is 2.23. The van der Waals surface area contributed by atoms with Crippen molar-refractivity contribution < 1.29 is 9.59 Å². The summed E-state index contributed by atoms with van der Waals surface area (Å²) in [5.41, 5.74) is 7.31. The lowest BCUT2D eigenvalue weighted by molar-refractivity contribution is -0.127. The van der Waals surface area contributed by atoms with Gasteiger partial charge in [-0.05, 0) is 12.1 Å². The van der Waals surface area contributed by atoms with Crippen molar-refractivity contribution in [3.63, 3.8) is 0 Å². The van der Waals surface area contributed by atoms with E-state index >= 15 is 0 Å². The fourth-order valence-corrected chi connectivity index (χ4v) is 3.06. The van der Waals surface area contributed by atoms with Gasteiger partial charge >= 0.3 is 0 Å². The van der Waals surface area contributed by atoms with Crippen molar-refractivity contribution >= 4 is 28.8 Å². The molecule has 0 unspecified atom stereocenters. The van der Waals surface area contributed by atoms with Crippen LogP contribution in [0.1, 0.15) is 5.69 Å². The maximum absolute atomic E-state index is 12.0. The Hall–Kier alpha value is -3.19. The molecule has 6 nitrogen and oxygen atoms in total. The summed E-state index contributed by atoms with van der Waals surface area (Å²) < 4.78 is 0. The molecule has 0 aliphatic heterocycles.